The summed E-state index contributed by atoms with van der Waals surface area (Å²) in [6.45, 7) is 2.98. The summed E-state index contributed by atoms with van der Waals surface area (Å²) in [4.78, 5) is 13.7. The van der Waals surface area contributed by atoms with E-state index in [4.69, 9.17) is 0 Å². The first-order valence-electron chi connectivity index (χ1n) is 7.10. The van der Waals surface area contributed by atoms with Gasteiger partial charge in [0.05, 0.1) is 6.04 Å². The van der Waals surface area contributed by atoms with Gasteiger partial charge in [0.1, 0.15) is 0 Å². The van der Waals surface area contributed by atoms with Gasteiger partial charge in [-0.25, -0.2) is 8.78 Å². The van der Waals surface area contributed by atoms with Crippen molar-refractivity contribution in [3.8, 4) is 0 Å². The van der Waals surface area contributed by atoms with Crippen molar-refractivity contribution in [3.05, 3.63) is 35.9 Å². The number of nitrogens with one attached hydrogen (secondary N) is 1. The topological polar surface area (TPSA) is 32.3 Å². The lowest BCUT2D eigenvalue weighted by atomic mass is 10.2. The standard InChI is InChI=1S/C9H16N2O.C6H4F2/c12-9(8-4-3-5-10-8)11-6-1-2-7-11;7-5-3-1-2-4-6(5)8/h8,10H,1-7H2;1-4H. The molecule has 3 nitrogen and oxygen atoms in total. The van der Waals surface area contributed by atoms with Crippen molar-refractivity contribution in [2.75, 3.05) is 19.6 Å². The third-order valence-corrected chi connectivity index (χ3v) is 3.60. The zero-order valence-electron chi connectivity index (χ0n) is 11.4. The summed E-state index contributed by atoms with van der Waals surface area (Å²) in [6, 6.07) is 5.18. The zero-order valence-corrected chi connectivity index (χ0v) is 11.4. The maximum Gasteiger partial charge on any atom is 0.239 e. The first kappa shape index (κ1) is 14.9. The van der Waals surface area contributed by atoms with Crippen LogP contribution in [0.4, 0.5) is 8.78 Å². The number of amides is 1. The minimum atomic E-state index is -0.799. The molecule has 1 aromatic rings. The lowest BCUT2D eigenvalue weighted by molar-refractivity contribution is -0.131. The highest BCUT2D eigenvalue weighted by Gasteiger charge is 2.27. The second-order valence-corrected chi connectivity index (χ2v) is 5.10. The molecule has 0 radical (unpaired) electrons. The van der Waals surface area contributed by atoms with Crippen LogP contribution in [-0.4, -0.2) is 36.5 Å². The van der Waals surface area contributed by atoms with E-state index in [0.29, 0.717) is 5.91 Å². The van der Waals surface area contributed by atoms with E-state index in [1.807, 2.05) is 4.90 Å². The lowest BCUT2D eigenvalue weighted by Gasteiger charge is -2.19. The van der Waals surface area contributed by atoms with Crippen LogP contribution in [0, 0.1) is 11.6 Å². The van der Waals surface area contributed by atoms with Gasteiger partial charge in [-0.05, 0) is 44.4 Å². The Morgan fingerprint density at radius 3 is 2.15 bits per heavy atom. The number of carbonyl (C=O) groups is 1. The number of hydrogen-bond donors (Lipinski definition) is 1. The van der Waals surface area contributed by atoms with E-state index in [-0.39, 0.29) is 6.04 Å². The third kappa shape index (κ3) is 4.00. The molecule has 0 bridgehead atoms. The summed E-state index contributed by atoms with van der Waals surface area (Å²) in [5, 5.41) is 3.24. The van der Waals surface area contributed by atoms with E-state index in [0.717, 1.165) is 44.6 Å². The van der Waals surface area contributed by atoms with Crippen LogP contribution in [0.5, 0.6) is 0 Å². The van der Waals surface area contributed by atoms with Crippen LogP contribution >= 0.6 is 0 Å². The number of benzene rings is 1. The van der Waals surface area contributed by atoms with Crippen LogP contribution < -0.4 is 5.32 Å². The molecule has 2 heterocycles. The van der Waals surface area contributed by atoms with Gasteiger partial charge in [-0.1, -0.05) is 12.1 Å². The molecule has 0 aromatic heterocycles. The van der Waals surface area contributed by atoms with E-state index in [1.54, 1.807) is 0 Å². The molecule has 2 aliphatic heterocycles. The normalized spacial score (nSPS) is 21.5. The Balaban J connectivity index is 0.000000160. The van der Waals surface area contributed by atoms with Gasteiger partial charge >= 0.3 is 0 Å². The maximum absolute atomic E-state index is 11.9. The maximum atomic E-state index is 11.9. The van der Waals surface area contributed by atoms with Gasteiger partial charge in [-0.15, -0.1) is 0 Å². The summed E-state index contributed by atoms with van der Waals surface area (Å²) in [5.41, 5.74) is 0. The molecule has 1 aromatic carbocycles. The fraction of sp³-hybridized carbons (Fsp3) is 0.533. The minimum absolute atomic E-state index is 0.142. The van der Waals surface area contributed by atoms with Gasteiger partial charge in [-0.2, -0.15) is 0 Å². The molecule has 1 amide bonds. The molecule has 0 saturated carbocycles. The molecule has 2 fully saturated rings. The molecular formula is C15H20F2N2O. The SMILES string of the molecule is Fc1ccccc1F.O=C(C1CCCN1)N1CCCC1. The van der Waals surface area contributed by atoms with Crippen LogP contribution in [0.25, 0.3) is 0 Å². The Morgan fingerprint density at radius 2 is 1.70 bits per heavy atom. The second-order valence-electron chi connectivity index (χ2n) is 5.10. The Kier molecular flexibility index (Phi) is 5.47. The van der Waals surface area contributed by atoms with Crippen LogP contribution in [0.3, 0.4) is 0 Å². The highest BCUT2D eigenvalue weighted by atomic mass is 19.2. The lowest BCUT2D eigenvalue weighted by Crippen LogP contribution is -2.42. The Hall–Kier alpha value is -1.49. The second kappa shape index (κ2) is 7.33. The Bertz CT molecular complexity index is 402. The average molecular weight is 282 g/mol. The van der Waals surface area contributed by atoms with Crippen molar-refractivity contribution >= 4 is 5.91 Å². The largest absolute Gasteiger partial charge is 0.341 e. The molecule has 5 heteroatoms. The van der Waals surface area contributed by atoms with Crippen molar-refractivity contribution in [2.24, 2.45) is 0 Å². The molecule has 3 rings (SSSR count). The molecule has 0 spiro atoms. The zero-order chi connectivity index (χ0) is 14.4. The van der Waals surface area contributed by atoms with Crippen LogP contribution in [0.2, 0.25) is 0 Å². The number of hydrogen-bond acceptors (Lipinski definition) is 2. The van der Waals surface area contributed by atoms with Crippen LogP contribution in [-0.2, 0) is 4.79 Å². The summed E-state index contributed by atoms with van der Waals surface area (Å²) in [5.74, 6) is -1.26. The molecular weight excluding hydrogens is 262 g/mol. The van der Waals surface area contributed by atoms with Gasteiger partial charge in [0.25, 0.3) is 0 Å². The number of nitrogens with zero attached hydrogens (tertiary/aromatic N) is 1. The van der Waals surface area contributed by atoms with E-state index >= 15 is 0 Å². The number of likely N-dealkylation sites (tertiary alicyclic amines) is 1. The van der Waals surface area contributed by atoms with Gasteiger partial charge in [-0.3, -0.25) is 4.79 Å². The van der Waals surface area contributed by atoms with Crippen molar-refractivity contribution < 1.29 is 13.6 Å². The molecule has 1 unspecified atom stereocenters. The van der Waals surface area contributed by atoms with E-state index in [1.165, 1.54) is 25.0 Å². The predicted octanol–water partition coefficient (Wildman–Crippen LogP) is 2.33. The summed E-state index contributed by atoms with van der Waals surface area (Å²) in [7, 11) is 0. The van der Waals surface area contributed by atoms with E-state index < -0.39 is 11.6 Å². The fourth-order valence-corrected chi connectivity index (χ4v) is 2.49. The quantitative estimate of drug-likeness (QED) is 0.857. The predicted molar refractivity (Wildman–Crippen MR) is 73.2 cm³/mol. The molecule has 0 aliphatic carbocycles. The molecule has 2 saturated heterocycles. The highest BCUT2D eigenvalue weighted by molar-refractivity contribution is 5.82. The van der Waals surface area contributed by atoms with Crippen molar-refractivity contribution in [1.29, 1.82) is 0 Å². The monoisotopic (exact) mass is 282 g/mol. The Morgan fingerprint density at radius 1 is 1.10 bits per heavy atom. The summed E-state index contributed by atoms with van der Waals surface area (Å²) >= 11 is 0. The van der Waals surface area contributed by atoms with Crippen LogP contribution in [0.15, 0.2) is 24.3 Å². The number of carbonyl (C=O) groups excluding carboxylic acids is 1. The minimum Gasteiger partial charge on any atom is -0.341 e. The molecule has 1 atom stereocenters. The van der Waals surface area contributed by atoms with Crippen LogP contribution in [0.1, 0.15) is 25.7 Å². The Labute approximate surface area is 118 Å². The van der Waals surface area contributed by atoms with Gasteiger partial charge < -0.3 is 10.2 Å². The van der Waals surface area contributed by atoms with Gasteiger partial charge in [0.2, 0.25) is 5.91 Å². The van der Waals surface area contributed by atoms with Crippen molar-refractivity contribution in [2.45, 2.75) is 31.7 Å². The van der Waals surface area contributed by atoms with Gasteiger partial charge in [0, 0.05) is 13.1 Å². The molecule has 2 aliphatic rings. The smallest absolute Gasteiger partial charge is 0.239 e. The molecule has 20 heavy (non-hydrogen) atoms. The molecule has 1 N–H and O–H groups in total. The first-order chi connectivity index (χ1) is 9.68. The van der Waals surface area contributed by atoms with Crippen molar-refractivity contribution in [3.63, 3.8) is 0 Å². The highest BCUT2D eigenvalue weighted by Crippen LogP contribution is 2.13. The number of rotatable bonds is 1. The van der Waals surface area contributed by atoms with E-state index in [2.05, 4.69) is 5.32 Å². The summed E-state index contributed by atoms with van der Waals surface area (Å²) < 4.78 is 23.9. The van der Waals surface area contributed by atoms with E-state index in [9.17, 15) is 13.6 Å². The first-order valence-corrected chi connectivity index (χ1v) is 7.10. The molecule has 110 valence electrons. The fourth-order valence-electron chi connectivity index (χ4n) is 2.49. The average Bonchev–Trinajstić information content (AvgIpc) is 3.15. The van der Waals surface area contributed by atoms with Crippen molar-refractivity contribution in [1.82, 2.24) is 10.2 Å². The summed E-state index contributed by atoms with van der Waals surface area (Å²) in [6.07, 6.45) is 4.58. The van der Waals surface area contributed by atoms with Gasteiger partial charge in [0.15, 0.2) is 11.6 Å². The number of halogens is 2. The third-order valence-electron chi connectivity index (χ3n) is 3.60.